The maximum atomic E-state index is 13.3. The van der Waals surface area contributed by atoms with Crippen LogP contribution in [0.25, 0.3) is 10.6 Å². The van der Waals surface area contributed by atoms with E-state index >= 15 is 0 Å². The second kappa shape index (κ2) is 9.92. The first kappa shape index (κ1) is 21.3. The van der Waals surface area contributed by atoms with Crippen molar-refractivity contribution in [2.75, 3.05) is 32.8 Å². The number of benzene rings is 1. The van der Waals surface area contributed by atoms with Gasteiger partial charge in [0.05, 0.1) is 17.9 Å². The number of hydrogen-bond donors (Lipinski definition) is 0. The van der Waals surface area contributed by atoms with E-state index in [1.807, 2.05) is 43.0 Å². The van der Waals surface area contributed by atoms with Gasteiger partial charge in [-0.3, -0.25) is 4.79 Å². The van der Waals surface area contributed by atoms with Crippen LogP contribution in [0, 0.1) is 6.92 Å². The summed E-state index contributed by atoms with van der Waals surface area (Å²) in [4.78, 5) is 23.5. The summed E-state index contributed by atoms with van der Waals surface area (Å²) >= 11 is 1.49. The van der Waals surface area contributed by atoms with E-state index in [4.69, 9.17) is 9.72 Å². The molecule has 1 amide bonds. The van der Waals surface area contributed by atoms with Crippen LogP contribution in [0.1, 0.15) is 60.8 Å². The first-order valence-electron chi connectivity index (χ1n) is 11.4. The monoisotopic (exact) mass is 427 g/mol. The molecular formula is C24H33N3O2S. The second-order valence-corrected chi connectivity index (χ2v) is 9.34. The van der Waals surface area contributed by atoms with Crippen LogP contribution in [-0.4, -0.2) is 59.5 Å². The molecule has 2 aliphatic rings. The predicted octanol–water partition coefficient (Wildman–Crippen LogP) is 5.00. The zero-order valence-corrected chi connectivity index (χ0v) is 19.0. The first-order valence-corrected chi connectivity index (χ1v) is 12.2. The maximum absolute atomic E-state index is 13.3. The lowest BCUT2D eigenvalue weighted by Gasteiger charge is -2.38. The summed E-state index contributed by atoms with van der Waals surface area (Å²) in [7, 11) is 0. The van der Waals surface area contributed by atoms with E-state index in [0.29, 0.717) is 12.6 Å². The molecule has 162 valence electrons. The largest absolute Gasteiger partial charge is 0.493 e. The molecule has 0 unspecified atom stereocenters. The van der Waals surface area contributed by atoms with E-state index in [1.54, 1.807) is 0 Å². The molecule has 0 radical (unpaired) electrons. The summed E-state index contributed by atoms with van der Waals surface area (Å²) in [5.74, 6) is 0.963. The molecule has 4 rings (SSSR count). The fraction of sp³-hybridized carbons (Fsp3) is 0.583. The fourth-order valence-electron chi connectivity index (χ4n) is 4.67. The highest BCUT2D eigenvalue weighted by Crippen LogP contribution is 2.35. The number of likely N-dealkylation sites (tertiary alicyclic amines) is 2. The van der Waals surface area contributed by atoms with E-state index in [1.165, 1.54) is 50.1 Å². The summed E-state index contributed by atoms with van der Waals surface area (Å²) in [6, 6.07) is 8.58. The Balaban J connectivity index is 1.43. The second-order valence-electron chi connectivity index (χ2n) is 8.34. The molecule has 1 aromatic heterocycles. The van der Waals surface area contributed by atoms with Gasteiger partial charge in [0.25, 0.3) is 5.91 Å². The highest BCUT2D eigenvalue weighted by molar-refractivity contribution is 7.17. The number of carbonyl (C=O) groups excluding carboxylic acids is 1. The number of aryl methyl sites for hydroxylation is 1. The summed E-state index contributed by atoms with van der Waals surface area (Å²) in [6.45, 7) is 8.70. The van der Waals surface area contributed by atoms with Crippen molar-refractivity contribution in [2.45, 2.75) is 58.4 Å². The van der Waals surface area contributed by atoms with Crippen LogP contribution in [0.15, 0.2) is 24.3 Å². The van der Waals surface area contributed by atoms with Crippen LogP contribution in [0.4, 0.5) is 0 Å². The van der Waals surface area contributed by atoms with Gasteiger partial charge in [0, 0.05) is 19.1 Å². The molecule has 1 aromatic carbocycles. The number of carbonyl (C=O) groups is 1. The van der Waals surface area contributed by atoms with Crippen molar-refractivity contribution < 1.29 is 9.53 Å². The van der Waals surface area contributed by atoms with Gasteiger partial charge in [-0.15, -0.1) is 11.3 Å². The topological polar surface area (TPSA) is 45.7 Å². The summed E-state index contributed by atoms with van der Waals surface area (Å²) in [5.41, 5.74) is 1.78. The fourth-order valence-corrected chi connectivity index (χ4v) is 5.74. The quantitative estimate of drug-likeness (QED) is 0.674. The molecule has 3 heterocycles. The third-order valence-electron chi connectivity index (χ3n) is 6.32. The zero-order chi connectivity index (χ0) is 20.9. The SMILES string of the molecule is CCOc1ccccc1-c1nc(C)c(C(=O)N2CCC(N3CCCCCC3)CC2)s1. The van der Waals surface area contributed by atoms with E-state index in [-0.39, 0.29) is 5.91 Å². The van der Waals surface area contributed by atoms with Crippen LogP contribution in [0.2, 0.25) is 0 Å². The van der Waals surface area contributed by atoms with E-state index in [2.05, 4.69) is 4.90 Å². The minimum atomic E-state index is 0.138. The van der Waals surface area contributed by atoms with E-state index in [9.17, 15) is 4.79 Å². The Bertz CT molecular complexity index is 850. The maximum Gasteiger partial charge on any atom is 0.265 e. The molecule has 0 N–H and O–H groups in total. The summed E-state index contributed by atoms with van der Waals surface area (Å²) in [5, 5.41) is 0.861. The van der Waals surface area contributed by atoms with Gasteiger partial charge in [0.15, 0.2) is 0 Å². The lowest BCUT2D eigenvalue weighted by molar-refractivity contribution is 0.0626. The Morgan fingerprint density at radius 2 is 1.80 bits per heavy atom. The molecule has 0 bridgehead atoms. The van der Waals surface area contributed by atoms with Crippen molar-refractivity contribution in [3.63, 3.8) is 0 Å². The van der Waals surface area contributed by atoms with Gasteiger partial charge in [0.1, 0.15) is 15.6 Å². The van der Waals surface area contributed by atoms with Crippen molar-refractivity contribution >= 4 is 17.2 Å². The smallest absolute Gasteiger partial charge is 0.265 e. The Labute approximate surface area is 184 Å². The lowest BCUT2D eigenvalue weighted by Crippen LogP contribution is -2.47. The number of rotatable bonds is 5. The number of para-hydroxylation sites is 1. The molecule has 2 aromatic rings. The normalized spacial score (nSPS) is 18.9. The number of hydrogen-bond acceptors (Lipinski definition) is 5. The van der Waals surface area contributed by atoms with Crippen LogP contribution >= 0.6 is 11.3 Å². The minimum Gasteiger partial charge on any atom is -0.493 e. The standard InChI is InChI=1S/C24H33N3O2S/c1-3-29-21-11-7-6-10-20(21)23-25-18(2)22(30-23)24(28)27-16-12-19(13-17-27)26-14-8-4-5-9-15-26/h6-7,10-11,19H,3-5,8-9,12-17H2,1-2H3. The summed E-state index contributed by atoms with van der Waals surface area (Å²) < 4.78 is 5.76. The van der Waals surface area contributed by atoms with Crippen molar-refractivity contribution in [2.24, 2.45) is 0 Å². The van der Waals surface area contributed by atoms with Crippen molar-refractivity contribution in [1.82, 2.24) is 14.8 Å². The number of piperidine rings is 1. The zero-order valence-electron chi connectivity index (χ0n) is 18.2. The highest BCUT2D eigenvalue weighted by atomic mass is 32.1. The van der Waals surface area contributed by atoms with Gasteiger partial charge in [-0.05, 0) is 64.8 Å². The van der Waals surface area contributed by atoms with Gasteiger partial charge in [-0.2, -0.15) is 0 Å². The molecule has 0 atom stereocenters. The summed E-state index contributed by atoms with van der Waals surface area (Å²) in [6.07, 6.45) is 7.56. The first-order chi connectivity index (χ1) is 14.7. The van der Waals surface area contributed by atoms with Gasteiger partial charge in [-0.25, -0.2) is 4.98 Å². The molecule has 30 heavy (non-hydrogen) atoms. The number of ether oxygens (including phenoxy) is 1. The lowest BCUT2D eigenvalue weighted by atomic mass is 10.0. The van der Waals surface area contributed by atoms with Crippen molar-refractivity contribution in [1.29, 1.82) is 0 Å². The van der Waals surface area contributed by atoms with Gasteiger partial charge >= 0.3 is 0 Å². The highest BCUT2D eigenvalue weighted by Gasteiger charge is 2.29. The molecule has 0 aliphatic carbocycles. The van der Waals surface area contributed by atoms with E-state index in [0.717, 1.165) is 52.8 Å². The van der Waals surface area contributed by atoms with Crippen LogP contribution in [0.3, 0.4) is 0 Å². The molecule has 6 heteroatoms. The molecule has 2 saturated heterocycles. The Kier molecular flexibility index (Phi) is 7.05. The van der Waals surface area contributed by atoms with Crippen LogP contribution in [0.5, 0.6) is 5.75 Å². The minimum absolute atomic E-state index is 0.138. The third-order valence-corrected chi connectivity index (χ3v) is 7.50. The molecule has 0 saturated carbocycles. The van der Waals surface area contributed by atoms with E-state index < -0.39 is 0 Å². The average Bonchev–Trinajstić information content (AvgIpc) is 2.97. The number of aromatic nitrogens is 1. The van der Waals surface area contributed by atoms with Crippen LogP contribution < -0.4 is 4.74 Å². The number of amides is 1. The third kappa shape index (κ3) is 4.70. The predicted molar refractivity (Wildman–Crippen MR) is 122 cm³/mol. The van der Waals surface area contributed by atoms with Gasteiger partial charge < -0.3 is 14.5 Å². The van der Waals surface area contributed by atoms with Gasteiger partial charge in [-0.1, -0.05) is 25.0 Å². The molecule has 2 fully saturated rings. The molecular weight excluding hydrogens is 394 g/mol. The average molecular weight is 428 g/mol. The Morgan fingerprint density at radius 1 is 1.10 bits per heavy atom. The Morgan fingerprint density at radius 3 is 2.50 bits per heavy atom. The van der Waals surface area contributed by atoms with Crippen molar-refractivity contribution in [3.8, 4) is 16.3 Å². The number of nitrogens with zero attached hydrogens (tertiary/aromatic N) is 3. The number of thiazole rings is 1. The van der Waals surface area contributed by atoms with Gasteiger partial charge in [0.2, 0.25) is 0 Å². The van der Waals surface area contributed by atoms with Crippen LogP contribution in [-0.2, 0) is 0 Å². The Hall–Kier alpha value is -1.92. The molecule has 5 nitrogen and oxygen atoms in total. The van der Waals surface area contributed by atoms with Crippen molar-refractivity contribution in [3.05, 3.63) is 34.8 Å². The molecule has 2 aliphatic heterocycles. The molecule has 0 spiro atoms.